The lowest BCUT2D eigenvalue weighted by atomic mass is 9.90. The van der Waals surface area contributed by atoms with E-state index in [-0.39, 0.29) is 5.97 Å². The van der Waals surface area contributed by atoms with E-state index in [4.69, 9.17) is 4.74 Å². The quantitative estimate of drug-likeness (QED) is 0.748. The number of benzene rings is 1. The zero-order valence-electron chi connectivity index (χ0n) is 14.6. The van der Waals surface area contributed by atoms with Crippen LogP contribution in [0.2, 0.25) is 0 Å². The van der Waals surface area contributed by atoms with Gasteiger partial charge in [-0.05, 0) is 75.5 Å². The maximum absolute atomic E-state index is 12.4. The van der Waals surface area contributed by atoms with Gasteiger partial charge in [0, 0.05) is 6.54 Å². The van der Waals surface area contributed by atoms with Crippen molar-refractivity contribution in [3.05, 3.63) is 33.4 Å². The first kappa shape index (κ1) is 17.7. The summed E-state index contributed by atoms with van der Waals surface area (Å²) in [6.45, 7) is 17.7. The molecule has 0 aliphatic rings. The maximum atomic E-state index is 12.4. The van der Waals surface area contributed by atoms with E-state index in [0.29, 0.717) is 6.61 Å². The molecule has 0 N–H and O–H groups in total. The first-order chi connectivity index (χ1) is 9.84. The molecule has 0 heterocycles. The Morgan fingerprint density at radius 3 is 1.71 bits per heavy atom. The van der Waals surface area contributed by atoms with Crippen LogP contribution in [0.1, 0.15) is 52.0 Å². The molecule has 118 valence electrons. The third kappa shape index (κ3) is 3.85. The molecule has 0 saturated carbocycles. The molecule has 0 amide bonds. The molecule has 0 aliphatic heterocycles. The van der Waals surface area contributed by atoms with Gasteiger partial charge in [0.2, 0.25) is 0 Å². The Morgan fingerprint density at radius 2 is 1.29 bits per heavy atom. The van der Waals surface area contributed by atoms with Gasteiger partial charge < -0.3 is 9.64 Å². The van der Waals surface area contributed by atoms with Gasteiger partial charge >= 0.3 is 5.97 Å². The number of carbonyl (C=O) groups excluding carboxylic acids is 1. The number of likely N-dealkylation sites (N-methyl/N-ethyl adjacent to an activating group) is 1. The van der Waals surface area contributed by atoms with Gasteiger partial charge in [-0.25, -0.2) is 4.79 Å². The number of rotatable bonds is 6. The minimum atomic E-state index is -0.191. The highest BCUT2D eigenvalue weighted by Crippen LogP contribution is 2.26. The Balaban J connectivity index is 2.89. The largest absolute Gasteiger partial charge is 0.461 e. The van der Waals surface area contributed by atoms with Crippen LogP contribution in [0.15, 0.2) is 0 Å². The van der Waals surface area contributed by atoms with E-state index in [1.54, 1.807) is 0 Å². The second-order valence-electron chi connectivity index (χ2n) is 5.66. The highest BCUT2D eigenvalue weighted by molar-refractivity contribution is 5.93. The van der Waals surface area contributed by atoms with Crippen molar-refractivity contribution in [3.8, 4) is 0 Å². The summed E-state index contributed by atoms with van der Waals surface area (Å²) in [5.41, 5.74) is 6.48. The first-order valence-electron chi connectivity index (χ1n) is 7.81. The zero-order valence-corrected chi connectivity index (χ0v) is 14.6. The van der Waals surface area contributed by atoms with Crippen LogP contribution in [-0.2, 0) is 4.74 Å². The highest BCUT2D eigenvalue weighted by atomic mass is 16.5. The van der Waals surface area contributed by atoms with Crippen LogP contribution in [0.4, 0.5) is 0 Å². The molecule has 0 unspecified atom stereocenters. The molecule has 0 aromatic heterocycles. The fraction of sp³-hybridized carbons (Fsp3) is 0.611. The molecular weight excluding hydrogens is 262 g/mol. The summed E-state index contributed by atoms with van der Waals surface area (Å²) >= 11 is 0. The lowest BCUT2D eigenvalue weighted by Gasteiger charge is -2.20. The van der Waals surface area contributed by atoms with Gasteiger partial charge in [-0.15, -0.1) is 0 Å². The second kappa shape index (κ2) is 7.60. The molecule has 0 saturated heterocycles. The number of esters is 1. The number of nitrogens with zero attached hydrogens (tertiary/aromatic N) is 1. The van der Waals surface area contributed by atoms with E-state index >= 15 is 0 Å². The van der Waals surface area contributed by atoms with Crippen molar-refractivity contribution in [3.63, 3.8) is 0 Å². The van der Waals surface area contributed by atoms with E-state index in [9.17, 15) is 4.79 Å². The highest BCUT2D eigenvalue weighted by Gasteiger charge is 2.19. The molecule has 0 radical (unpaired) electrons. The van der Waals surface area contributed by atoms with Crippen molar-refractivity contribution in [2.45, 2.75) is 48.5 Å². The van der Waals surface area contributed by atoms with Gasteiger partial charge in [-0.3, -0.25) is 0 Å². The van der Waals surface area contributed by atoms with Crippen LogP contribution in [0, 0.1) is 34.6 Å². The molecule has 1 rings (SSSR count). The van der Waals surface area contributed by atoms with Gasteiger partial charge in [-0.1, -0.05) is 13.8 Å². The van der Waals surface area contributed by atoms with Crippen LogP contribution in [0.25, 0.3) is 0 Å². The minimum absolute atomic E-state index is 0.191. The summed E-state index contributed by atoms with van der Waals surface area (Å²) in [6, 6.07) is 0. The Bertz CT molecular complexity index is 487. The van der Waals surface area contributed by atoms with E-state index in [2.05, 4.69) is 39.5 Å². The Kier molecular flexibility index (Phi) is 6.41. The summed E-state index contributed by atoms with van der Waals surface area (Å²) in [7, 11) is 0. The molecule has 21 heavy (non-hydrogen) atoms. The smallest absolute Gasteiger partial charge is 0.338 e. The third-order valence-electron chi connectivity index (χ3n) is 4.74. The summed E-state index contributed by atoms with van der Waals surface area (Å²) < 4.78 is 5.49. The zero-order chi connectivity index (χ0) is 16.2. The molecule has 1 aromatic rings. The molecule has 0 fully saturated rings. The average molecular weight is 291 g/mol. The van der Waals surface area contributed by atoms with Crippen molar-refractivity contribution in [2.75, 3.05) is 26.2 Å². The van der Waals surface area contributed by atoms with Crippen molar-refractivity contribution >= 4 is 5.97 Å². The number of hydrogen-bond acceptors (Lipinski definition) is 3. The lowest BCUT2D eigenvalue weighted by Crippen LogP contribution is -2.28. The van der Waals surface area contributed by atoms with Crippen molar-refractivity contribution in [1.29, 1.82) is 0 Å². The van der Waals surface area contributed by atoms with Crippen molar-refractivity contribution in [2.24, 2.45) is 0 Å². The lowest BCUT2D eigenvalue weighted by molar-refractivity contribution is 0.0464. The van der Waals surface area contributed by atoms with Crippen molar-refractivity contribution < 1.29 is 9.53 Å². The van der Waals surface area contributed by atoms with Crippen LogP contribution in [0.5, 0.6) is 0 Å². The standard InChI is InChI=1S/C18H29NO2/c1-8-19(9-2)10-11-21-18(20)17-15(6)13(4)12(3)14(5)16(17)7/h8-11H2,1-7H3. The minimum Gasteiger partial charge on any atom is -0.461 e. The molecule has 0 spiro atoms. The molecule has 1 aromatic carbocycles. The average Bonchev–Trinajstić information content (AvgIpc) is 2.47. The van der Waals surface area contributed by atoms with E-state index in [1.807, 2.05) is 13.8 Å². The molecule has 0 aliphatic carbocycles. The predicted molar refractivity (Wildman–Crippen MR) is 88.2 cm³/mol. The number of ether oxygens (including phenoxy) is 1. The van der Waals surface area contributed by atoms with E-state index < -0.39 is 0 Å². The van der Waals surface area contributed by atoms with E-state index in [0.717, 1.165) is 36.3 Å². The van der Waals surface area contributed by atoms with Crippen LogP contribution in [-0.4, -0.2) is 37.1 Å². The topological polar surface area (TPSA) is 29.5 Å². The molecule has 0 bridgehead atoms. The second-order valence-corrected chi connectivity index (χ2v) is 5.66. The van der Waals surface area contributed by atoms with Gasteiger partial charge in [0.15, 0.2) is 0 Å². The summed E-state index contributed by atoms with van der Waals surface area (Å²) in [5, 5.41) is 0. The first-order valence-corrected chi connectivity index (χ1v) is 7.81. The fourth-order valence-corrected chi connectivity index (χ4v) is 2.69. The van der Waals surface area contributed by atoms with Crippen LogP contribution in [0.3, 0.4) is 0 Å². The summed E-state index contributed by atoms with van der Waals surface area (Å²) in [6.07, 6.45) is 0. The van der Waals surface area contributed by atoms with Crippen LogP contribution < -0.4 is 0 Å². The van der Waals surface area contributed by atoms with E-state index in [1.165, 1.54) is 16.7 Å². The molecule has 0 atom stereocenters. The molecule has 3 nitrogen and oxygen atoms in total. The third-order valence-corrected chi connectivity index (χ3v) is 4.74. The Morgan fingerprint density at radius 1 is 0.857 bits per heavy atom. The predicted octanol–water partition coefficient (Wildman–Crippen LogP) is 3.73. The van der Waals surface area contributed by atoms with Gasteiger partial charge in [0.25, 0.3) is 0 Å². The Hall–Kier alpha value is -1.35. The summed E-state index contributed by atoms with van der Waals surface area (Å²) in [5.74, 6) is -0.191. The monoisotopic (exact) mass is 291 g/mol. The number of hydrogen-bond donors (Lipinski definition) is 0. The van der Waals surface area contributed by atoms with Gasteiger partial charge in [0.1, 0.15) is 6.61 Å². The van der Waals surface area contributed by atoms with Crippen LogP contribution >= 0.6 is 0 Å². The fourth-order valence-electron chi connectivity index (χ4n) is 2.69. The van der Waals surface area contributed by atoms with Gasteiger partial charge in [0.05, 0.1) is 5.56 Å². The normalized spacial score (nSPS) is 11.0. The molecular formula is C18H29NO2. The summed E-state index contributed by atoms with van der Waals surface area (Å²) in [4.78, 5) is 14.7. The number of carbonyl (C=O) groups is 1. The maximum Gasteiger partial charge on any atom is 0.338 e. The molecule has 3 heteroatoms. The SMILES string of the molecule is CCN(CC)CCOC(=O)c1c(C)c(C)c(C)c(C)c1C. The van der Waals surface area contributed by atoms with Gasteiger partial charge in [-0.2, -0.15) is 0 Å². The Labute approximate surface area is 129 Å². The van der Waals surface area contributed by atoms with Crippen molar-refractivity contribution in [1.82, 2.24) is 4.90 Å².